The molecule has 0 aromatic heterocycles. The van der Waals surface area contributed by atoms with Crippen molar-refractivity contribution in [2.24, 2.45) is 11.8 Å². The lowest BCUT2D eigenvalue weighted by Gasteiger charge is -2.32. The Kier molecular flexibility index (Phi) is 14.9. The molecule has 0 spiro atoms. The summed E-state index contributed by atoms with van der Waals surface area (Å²) in [5, 5.41) is 2.91. The van der Waals surface area contributed by atoms with Crippen LogP contribution in [-0.2, 0) is 19.1 Å². The monoisotopic (exact) mass is 405 g/mol. The smallest absolute Gasteiger partial charge is 0.238 e. The van der Waals surface area contributed by atoms with Crippen molar-refractivity contribution in [3.05, 3.63) is 0 Å². The van der Waals surface area contributed by atoms with E-state index >= 15 is 0 Å². The number of nitrogens with one attached hydrogen (secondary N) is 2. The van der Waals surface area contributed by atoms with Crippen LogP contribution in [0.2, 0.25) is 0 Å². The fourth-order valence-corrected chi connectivity index (χ4v) is 3.16. The number of carbonyl (C=O) groups is 2. The molecular formula is C19H39N3O4S. The molecule has 27 heavy (non-hydrogen) atoms. The van der Waals surface area contributed by atoms with Gasteiger partial charge >= 0.3 is 0 Å². The second-order valence-electron chi connectivity index (χ2n) is 7.33. The molecule has 7 nitrogen and oxygen atoms in total. The van der Waals surface area contributed by atoms with Crippen molar-refractivity contribution < 1.29 is 19.1 Å². The van der Waals surface area contributed by atoms with E-state index in [-0.39, 0.29) is 29.6 Å². The molecule has 0 aliphatic rings. The van der Waals surface area contributed by atoms with Gasteiger partial charge in [0.25, 0.3) is 0 Å². The lowest BCUT2D eigenvalue weighted by Crippen LogP contribution is -2.54. The number of nitrogens with zero attached hydrogens (tertiary/aromatic N) is 1. The number of rotatable bonds is 16. The van der Waals surface area contributed by atoms with E-state index in [0.29, 0.717) is 33.0 Å². The highest BCUT2D eigenvalue weighted by Gasteiger charge is 2.30. The summed E-state index contributed by atoms with van der Waals surface area (Å²) in [4.78, 5) is 26.5. The van der Waals surface area contributed by atoms with Crippen molar-refractivity contribution in [1.29, 1.82) is 0 Å². The Bertz CT molecular complexity index is 422. The SMILES string of the molecule is CSNCCOCCOCCN(C)C(C(=O)NC(C(C)=O)C(C)C)C(C)C. The Hall–Kier alpha value is -0.670. The number of ether oxygens (including phenoxy) is 2. The van der Waals surface area contributed by atoms with Gasteiger partial charge in [-0.3, -0.25) is 19.2 Å². The largest absolute Gasteiger partial charge is 0.378 e. The van der Waals surface area contributed by atoms with Gasteiger partial charge in [0.2, 0.25) is 5.91 Å². The van der Waals surface area contributed by atoms with E-state index in [4.69, 9.17) is 9.47 Å². The number of amides is 1. The zero-order valence-electron chi connectivity index (χ0n) is 18.0. The Balaban J connectivity index is 4.29. The molecule has 0 fully saturated rings. The molecule has 0 saturated carbocycles. The molecule has 0 heterocycles. The van der Waals surface area contributed by atoms with Crippen LogP contribution in [0.4, 0.5) is 0 Å². The van der Waals surface area contributed by atoms with Gasteiger partial charge in [0.1, 0.15) is 0 Å². The molecule has 0 aliphatic heterocycles. The zero-order chi connectivity index (χ0) is 20.8. The molecule has 2 atom stereocenters. The van der Waals surface area contributed by atoms with Crippen molar-refractivity contribution >= 4 is 23.6 Å². The van der Waals surface area contributed by atoms with Gasteiger partial charge in [0.15, 0.2) is 5.78 Å². The average Bonchev–Trinajstić information content (AvgIpc) is 2.57. The third-order valence-electron chi connectivity index (χ3n) is 4.23. The maximum absolute atomic E-state index is 12.7. The van der Waals surface area contributed by atoms with Gasteiger partial charge in [-0.25, -0.2) is 0 Å². The highest BCUT2D eigenvalue weighted by Crippen LogP contribution is 2.11. The van der Waals surface area contributed by atoms with Gasteiger partial charge in [-0.05, 0) is 32.1 Å². The van der Waals surface area contributed by atoms with Crippen LogP contribution in [0.25, 0.3) is 0 Å². The van der Waals surface area contributed by atoms with E-state index < -0.39 is 6.04 Å². The standard InChI is InChI=1S/C19H39N3O4S/c1-14(2)17(16(5)23)21-19(24)18(15(3)4)22(6)9-11-26-13-12-25-10-8-20-27-7/h14-15,17-18,20H,8-13H2,1-7H3,(H,21,24). The first-order valence-corrected chi connectivity index (χ1v) is 10.9. The first-order valence-electron chi connectivity index (χ1n) is 9.64. The normalized spacial score (nSPS) is 14.0. The summed E-state index contributed by atoms with van der Waals surface area (Å²) < 4.78 is 14.2. The predicted octanol–water partition coefficient (Wildman–Crippen LogP) is 1.57. The quantitative estimate of drug-likeness (QED) is 0.298. The van der Waals surface area contributed by atoms with Crippen LogP contribution in [0.1, 0.15) is 34.6 Å². The third-order valence-corrected chi connectivity index (χ3v) is 4.72. The Morgan fingerprint density at radius 3 is 2.07 bits per heavy atom. The van der Waals surface area contributed by atoms with E-state index in [2.05, 4.69) is 10.0 Å². The van der Waals surface area contributed by atoms with Crippen LogP contribution in [0.3, 0.4) is 0 Å². The summed E-state index contributed by atoms with van der Waals surface area (Å²) >= 11 is 1.57. The highest BCUT2D eigenvalue weighted by atomic mass is 32.2. The molecular weight excluding hydrogens is 366 g/mol. The van der Waals surface area contributed by atoms with Crippen LogP contribution < -0.4 is 10.0 Å². The second kappa shape index (κ2) is 15.3. The van der Waals surface area contributed by atoms with Gasteiger partial charge in [-0.15, -0.1) is 0 Å². The van der Waals surface area contributed by atoms with Crippen LogP contribution in [0, 0.1) is 11.8 Å². The van der Waals surface area contributed by atoms with Crippen LogP contribution in [-0.4, -0.2) is 81.5 Å². The molecule has 1 amide bonds. The van der Waals surface area contributed by atoms with Crippen molar-refractivity contribution in [3.8, 4) is 0 Å². The molecule has 8 heteroatoms. The van der Waals surface area contributed by atoms with E-state index in [1.807, 2.05) is 45.9 Å². The van der Waals surface area contributed by atoms with E-state index in [9.17, 15) is 9.59 Å². The van der Waals surface area contributed by atoms with Crippen molar-refractivity contribution in [2.75, 3.05) is 52.8 Å². The molecule has 0 radical (unpaired) electrons. The number of ketones is 1. The van der Waals surface area contributed by atoms with Gasteiger partial charge < -0.3 is 14.8 Å². The minimum absolute atomic E-state index is 0.0143. The highest BCUT2D eigenvalue weighted by molar-refractivity contribution is 7.96. The Labute approximate surface area is 169 Å². The van der Waals surface area contributed by atoms with Crippen molar-refractivity contribution in [1.82, 2.24) is 14.9 Å². The van der Waals surface area contributed by atoms with Crippen LogP contribution in [0.5, 0.6) is 0 Å². The average molecular weight is 406 g/mol. The number of carbonyl (C=O) groups excluding carboxylic acids is 2. The van der Waals surface area contributed by atoms with E-state index in [0.717, 1.165) is 6.54 Å². The summed E-state index contributed by atoms with van der Waals surface area (Å²) in [5.41, 5.74) is 0. The molecule has 0 aromatic carbocycles. The summed E-state index contributed by atoms with van der Waals surface area (Å²) in [6, 6.07) is -0.746. The maximum atomic E-state index is 12.7. The number of Topliss-reactive ketones (excluding diaryl/α,β-unsaturated/α-hetero) is 1. The summed E-state index contributed by atoms with van der Waals surface area (Å²) in [7, 11) is 1.91. The molecule has 0 bridgehead atoms. The van der Waals surface area contributed by atoms with Gasteiger partial charge in [0.05, 0.1) is 38.5 Å². The van der Waals surface area contributed by atoms with Gasteiger partial charge in [-0.1, -0.05) is 39.6 Å². The fourth-order valence-electron chi connectivity index (χ4n) is 2.87. The summed E-state index contributed by atoms with van der Waals surface area (Å²) in [5.74, 6) is 0.0756. The minimum Gasteiger partial charge on any atom is -0.378 e. The van der Waals surface area contributed by atoms with Gasteiger partial charge in [0, 0.05) is 13.1 Å². The van der Waals surface area contributed by atoms with Crippen molar-refractivity contribution in [3.63, 3.8) is 0 Å². The molecule has 2 unspecified atom stereocenters. The van der Waals surface area contributed by atoms with Crippen molar-refractivity contribution in [2.45, 2.75) is 46.7 Å². The predicted molar refractivity (Wildman–Crippen MR) is 112 cm³/mol. The third kappa shape index (κ3) is 11.7. The molecule has 0 aliphatic carbocycles. The number of hydrogen-bond acceptors (Lipinski definition) is 7. The van der Waals surface area contributed by atoms with E-state index in [1.165, 1.54) is 6.92 Å². The first-order chi connectivity index (χ1) is 12.7. The Morgan fingerprint density at radius 2 is 1.59 bits per heavy atom. The lowest BCUT2D eigenvalue weighted by atomic mass is 9.97. The minimum atomic E-state index is -0.443. The maximum Gasteiger partial charge on any atom is 0.238 e. The Morgan fingerprint density at radius 1 is 1.00 bits per heavy atom. The molecule has 0 rings (SSSR count). The zero-order valence-corrected chi connectivity index (χ0v) is 18.9. The summed E-state index contributed by atoms with van der Waals surface area (Å²) in [6.07, 6.45) is 1.98. The van der Waals surface area contributed by atoms with Crippen LogP contribution >= 0.6 is 11.9 Å². The van der Waals surface area contributed by atoms with Crippen LogP contribution in [0.15, 0.2) is 0 Å². The molecule has 0 saturated heterocycles. The molecule has 160 valence electrons. The second-order valence-corrected chi connectivity index (χ2v) is 8.03. The van der Waals surface area contributed by atoms with E-state index in [1.54, 1.807) is 11.9 Å². The topological polar surface area (TPSA) is 79.9 Å². The number of hydrogen-bond donors (Lipinski definition) is 2. The first kappa shape index (κ1) is 26.3. The molecule has 2 N–H and O–H groups in total. The number of likely N-dealkylation sites (N-methyl/N-ethyl adjacent to an activating group) is 1. The lowest BCUT2D eigenvalue weighted by molar-refractivity contribution is -0.132. The molecule has 0 aromatic rings. The fraction of sp³-hybridized carbons (Fsp3) is 0.895. The summed E-state index contributed by atoms with van der Waals surface area (Å²) in [6.45, 7) is 13.1. The van der Waals surface area contributed by atoms with Gasteiger partial charge in [-0.2, -0.15) is 0 Å².